The van der Waals surface area contributed by atoms with Crippen LogP contribution in [0.5, 0.6) is 0 Å². The highest BCUT2D eigenvalue weighted by molar-refractivity contribution is 5.17. The molecule has 0 saturated heterocycles. The number of nitrogens with zero attached hydrogens (tertiary/aromatic N) is 1. The van der Waals surface area contributed by atoms with Crippen LogP contribution in [0.25, 0.3) is 0 Å². The minimum Gasteiger partial charge on any atom is -0.388 e. The van der Waals surface area contributed by atoms with E-state index < -0.39 is 6.10 Å². The van der Waals surface area contributed by atoms with E-state index in [9.17, 15) is 5.11 Å². The second kappa shape index (κ2) is 5.75. The molecule has 0 aliphatic rings. The van der Waals surface area contributed by atoms with Crippen molar-refractivity contribution in [1.29, 1.82) is 0 Å². The molecule has 0 aromatic heterocycles. The highest BCUT2D eigenvalue weighted by atomic mass is 16.7. The van der Waals surface area contributed by atoms with Crippen LogP contribution in [0.3, 0.4) is 0 Å². The van der Waals surface area contributed by atoms with Crippen molar-refractivity contribution in [2.75, 3.05) is 20.7 Å². The van der Waals surface area contributed by atoms with E-state index in [1.165, 1.54) is 0 Å². The Labute approximate surface area is 84.9 Å². The van der Waals surface area contributed by atoms with Crippen LogP contribution in [0.2, 0.25) is 0 Å². The second-order valence-electron chi connectivity index (χ2n) is 3.25. The number of hydrogen-bond donors (Lipinski definition) is 1. The predicted octanol–water partition coefficient (Wildman–Crippen LogP) is 1.60. The summed E-state index contributed by atoms with van der Waals surface area (Å²) in [7, 11) is 3.46. The maximum atomic E-state index is 9.78. The van der Waals surface area contributed by atoms with E-state index >= 15 is 0 Å². The van der Waals surface area contributed by atoms with Gasteiger partial charge in [0.15, 0.2) is 0 Å². The highest BCUT2D eigenvalue weighted by Gasteiger charge is 2.07. The lowest BCUT2D eigenvalue weighted by Gasteiger charge is -2.16. The molecular weight excluding hydrogens is 178 g/mol. The van der Waals surface area contributed by atoms with Gasteiger partial charge in [0.05, 0.1) is 13.2 Å². The molecule has 0 spiro atoms. The molecule has 0 bridgehead atoms. The van der Waals surface area contributed by atoms with Crippen LogP contribution < -0.4 is 0 Å². The normalized spacial score (nSPS) is 13.1. The van der Waals surface area contributed by atoms with Crippen molar-refractivity contribution in [3.05, 3.63) is 35.9 Å². The average Bonchev–Trinajstić information content (AvgIpc) is 2.26. The van der Waals surface area contributed by atoms with Crippen LogP contribution in [-0.2, 0) is 4.84 Å². The van der Waals surface area contributed by atoms with Gasteiger partial charge in [-0.25, -0.2) is 0 Å². The molecule has 1 N–H and O–H groups in total. The third-order valence-corrected chi connectivity index (χ3v) is 2.21. The van der Waals surface area contributed by atoms with Gasteiger partial charge in [0.2, 0.25) is 0 Å². The monoisotopic (exact) mass is 195 g/mol. The van der Waals surface area contributed by atoms with Crippen molar-refractivity contribution in [2.45, 2.75) is 12.5 Å². The van der Waals surface area contributed by atoms with Crippen LogP contribution in [0.1, 0.15) is 18.1 Å². The van der Waals surface area contributed by atoms with Gasteiger partial charge in [-0.3, -0.25) is 0 Å². The van der Waals surface area contributed by atoms with Crippen LogP contribution in [0, 0.1) is 0 Å². The van der Waals surface area contributed by atoms with Crippen molar-refractivity contribution in [3.8, 4) is 0 Å². The molecule has 0 radical (unpaired) electrons. The van der Waals surface area contributed by atoms with Gasteiger partial charge < -0.3 is 9.94 Å². The van der Waals surface area contributed by atoms with E-state index in [2.05, 4.69) is 0 Å². The molecule has 0 aliphatic carbocycles. The number of hydroxylamine groups is 2. The molecule has 1 rings (SSSR count). The largest absolute Gasteiger partial charge is 0.388 e. The molecule has 0 amide bonds. The Hall–Kier alpha value is -0.900. The minimum absolute atomic E-state index is 0.409. The van der Waals surface area contributed by atoms with E-state index in [4.69, 9.17) is 4.84 Å². The lowest BCUT2D eigenvalue weighted by molar-refractivity contribution is -0.114. The SMILES string of the molecule is CON(C)CC[C@@H](O)c1ccccc1. The number of aliphatic hydroxyl groups excluding tert-OH is 1. The molecule has 3 heteroatoms. The van der Waals surface area contributed by atoms with E-state index in [0.29, 0.717) is 13.0 Å². The van der Waals surface area contributed by atoms with E-state index in [0.717, 1.165) is 5.56 Å². The molecule has 1 aromatic rings. The minimum atomic E-state index is -0.409. The quantitative estimate of drug-likeness (QED) is 0.724. The van der Waals surface area contributed by atoms with Gasteiger partial charge in [0.25, 0.3) is 0 Å². The third kappa shape index (κ3) is 3.46. The summed E-state index contributed by atoms with van der Waals surface area (Å²) in [6.45, 7) is 0.715. The topological polar surface area (TPSA) is 32.7 Å². The van der Waals surface area contributed by atoms with Gasteiger partial charge >= 0.3 is 0 Å². The lowest BCUT2D eigenvalue weighted by atomic mass is 10.1. The summed E-state index contributed by atoms with van der Waals surface area (Å²) >= 11 is 0. The predicted molar refractivity (Wildman–Crippen MR) is 55.7 cm³/mol. The summed E-state index contributed by atoms with van der Waals surface area (Å²) in [6.07, 6.45) is 0.266. The van der Waals surface area contributed by atoms with Crippen molar-refractivity contribution in [1.82, 2.24) is 5.06 Å². The zero-order valence-corrected chi connectivity index (χ0v) is 8.68. The molecule has 1 aromatic carbocycles. The van der Waals surface area contributed by atoms with Crippen molar-refractivity contribution >= 4 is 0 Å². The number of benzene rings is 1. The van der Waals surface area contributed by atoms with Crippen molar-refractivity contribution in [2.24, 2.45) is 0 Å². The first kappa shape index (κ1) is 11.2. The first-order valence-electron chi connectivity index (χ1n) is 4.72. The zero-order chi connectivity index (χ0) is 10.4. The molecule has 0 unspecified atom stereocenters. The van der Waals surface area contributed by atoms with Gasteiger partial charge in [-0.15, -0.1) is 0 Å². The van der Waals surface area contributed by atoms with Crippen LogP contribution in [-0.4, -0.2) is 30.9 Å². The summed E-state index contributed by atoms with van der Waals surface area (Å²) in [6, 6.07) is 9.66. The molecule has 0 fully saturated rings. The maximum Gasteiger partial charge on any atom is 0.0803 e. The highest BCUT2D eigenvalue weighted by Crippen LogP contribution is 2.15. The molecule has 1 atom stereocenters. The fourth-order valence-corrected chi connectivity index (χ4v) is 1.24. The summed E-state index contributed by atoms with van der Waals surface area (Å²) in [5.74, 6) is 0. The van der Waals surface area contributed by atoms with E-state index in [1.807, 2.05) is 37.4 Å². The maximum absolute atomic E-state index is 9.78. The van der Waals surface area contributed by atoms with Crippen LogP contribution >= 0.6 is 0 Å². The molecular formula is C11H17NO2. The van der Waals surface area contributed by atoms with E-state index in [1.54, 1.807) is 12.2 Å². The lowest BCUT2D eigenvalue weighted by Crippen LogP contribution is -2.19. The smallest absolute Gasteiger partial charge is 0.0803 e. The van der Waals surface area contributed by atoms with Crippen LogP contribution in [0.15, 0.2) is 30.3 Å². The third-order valence-electron chi connectivity index (χ3n) is 2.21. The summed E-state index contributed by atoms with van der Waals surface area (Å²) < 4.78 is 0. The molecule has 0 heterocycles. The Morgan fingerprint density at radius 2 is 2.00 bits per heavy atom. The van der Waals surface area contributed by atoms with E-state index in [-0.39, 0.29) is 0 Å². The Bertz CT molecular complexity index is 251. The Morgan fingerprint density at radius 3 is 2.57 bits per heavy atom. The second-order valence-corrected chi connectivity index (χ2v) is 3.25. The van der Waals surface area contributed by atoms with Crippen molar-refractivity contribution in [3.63, 3.8) is 0 Å². The van der Waals surface area contributed by atoms with Crippen molar-refractivity contribution < 1.29 is 9.94 Å². The van der Waals surface area contributed by atoms with Gasteiger partial charge in [-0.2, -0.15) is 5.06 Å². The van der Waals surface area contributed by atoms with Gasteiger partial charge in [-0.1, -0.05) is 30.3 Å². The summed E-state index contributed by atoms with van der Waals surface area (Å²) in [5, 5.41) is 11.5. The first-order chi connectivity index (χ1) is 6.74. The molecule has 14 heavy (non-hydrogen) atoms. The summed E-state index contributed by atoms with van der Waals surface area (Å²) in [4.78, 5) is 4.96. The molecule has 0 aliphatic heterocycles. The molecule has 78 valence electrons. The molecule has 0 saturated carbocycles. The Morgan fingerprint density at radius 1 is 1.36 bits per heavy atom. The fraction of sp³-hybridized carbons (Fsp3) is 0.455. The first-order valence-corrected chi connectivity index (χ1v) is 4.72. The number of hydrogen-bond acceptors (Lipinski definition) is 3. The zero-order valence-electron chi connectivity index (χ0n) is 8.68. The Balaban J connectivity index is 2.39. The number of aliphatic hydroxyl groups is 1. The van der Waals surface area contributed by atoms with Crippen LogP contribution in [0.4, 0.5) is 0 Å². The molecule has 3 nitrogen and oxygen atoms in total. The average molecular weight is 195 g/mol. The standard InChI is InChI=1S/C11H17NO2/c1-12(14-2)9-8-11(13)10-6-4-3-5-7-10/h3-7,11,13H,8-9H2,1-2H3/t11-/m1/s1. The Kier molecular flexibility index (Phi) is 4.59. The van der Waals surface area contributed by atoms with Gasteiger partial charge in [0.1, 0.15) is 0 Å². The summed E-state index contributed by atoms with van der Waals surface area (Å²) in [5.41, 5.74) is 0.956. The van der Waals surface area contributed by atoms with Gasteiger partial charge in [0, 0.05) is 13.6 Å². The number of rotatable bonds is 5. The fourth-order valence-electron chi connectivity index (χ4n) is 1.24. The van der Waals surface area contributed by atoms with Gasteiger partial charge in [-0.05, 0) is 12.0 Å².